The molecular formula is C15H27N3S2. The molecule has 1 aliphatic carbocycles. The fraction of sp³-hybridized carbons (Fsp3) is 0.867. The third kappa shape index (κ3) is 3.74. The highest BCUT2D eigenvalue weighted by Gasteiger charge is 2.36. The number of aryl methyl sites for hydroxylation is 1. The molecule has 2 N–H and O–H groups in total. The van der Waals surface area contributed by atoms with Crippen LogP contribution in [-0.4, -0.2) is 20.6 Å². The molecule has 3 atom stereocenters. The molecule has 0 amide bonds. The maximum Gasteiger partial charge on any atom is 0.170 e. The van der Waals surface area contributed by atoms with Crippen molar-refractivity contribution in [1.29, 1.82) is 0 Å². The van der Waals surface area contributed by atoms with E-state index in [9.17, 15) is 0 Å². The summed E-state index contributed by atoms with van der Waals surface area (Å²) in [7, 11) is 0. The predicted molar refractivity (Wildman–Crippen MR) is 88.3 cm³/mol. The van der Waals surface area contributed by atoms with Crippen molar-refractivity contribution in [1.82, 2.24) is 9.36 Å². The summed E-state index contributed by atoms with van der Waals surface area (Å²) in [6, 6.07) is 0.304. The van der Waals surface area contributed by atoms with Gasteiger partial charge in [-0.3, -0.25) is 0 Å². The summed E-state index contributed by atoms with van der Waals surface area (Å²) < 4.78 is 5.47. The van der Waals surface area contributed by atoms with E-state index in [-0.39, 0.29) is 0 Å². The van der Waals surface area contributed by atoms with Crippen molar-refractivity contribution in [2.75, 3.05) is 0 Å². The maximum absolute atomic E-state index is 6.35. The molecule has 0 bridgehead atoms. The molecule has 0 saturated heterocycles. The molecule has 1 aromatic rings. The van der Waals surface area contributed by atoms with Crippen molar-refractivity contribution in [3.05, 3.63) is 5.82 Å². The molecule has 1 saturated carbocycles. The van der Waals surface area contributed by atoms with E-state index >= 15 is 0 Å². The summed E-state index contributed by atoms with van der Waals surface area (Å²) >= 11 is 3.39. The molecule has 1 fully saturated rings. The fourth-order valence-electron chi connectivity index (χ4n) is 2.85. The Morgan fingerprint density at radius 1 is 1.35 bits per heavy atom. The van der Waals surface area contributed by atoms with Crippen LogP contribution in [0.25, 0.3) is 0 Å². The first-order chi connectivity index (χ1) is 9.46. The molecule has 2 rings (SSSR count). The summed E-state index contributed by atoms with van der Waals surface area (Å²) in [5.41, 5.74) is 6.77. The first-order valence-corrected chi connectivity index (χ1v) is 9.36. The van der Waals surface area contributed by atoms with E-state index < -0.39 is 0 Å². The smallest absolute Gasteiger partial charge is 0.170 e. The minimum Gasteiger partial charge on any atom is -0.327 e. The topological polar surface area (TPSA) is 51.8 Å². The van der Waals surface area contributed by atoms with Gasteiger partial charge in [-0.25, -0.2) is 4.98 Å². The Hall–Kier alpha value is -0.130. The highest BCUT2D eigenvalue weighted by Crippen LogP contribution is 2.44. The van der Waals surface area contributed by atoms with Crippen LogP contribution in [0, 0.1) is 11.3 Å². The molecule has 0 aliphatic heterocycles. The third-order valence-electron chi connectivity index (χ3n) is 4.88. The maximum atomic E-state index is 6.35. The quantitative estimate of drug-likeness (QED) is 0.888. The van der Waals surface area contributed by atoms with Crippen LogP contribution in [0.4, 0.5) is 0 Å². The van der Waals surface area contributed by atoms with Crippen LogP contribution < -0.4 is 5.73 Å². The minimum absolute atomic E-state index is 0.304. The van der Waals surface area contributed by atoms with Crippen LogP contribution in [0.2, 0.25) is 0 Å². The molecule has 1 aromatic heterocycles. The van der Waals surface area contributed by atoms with E-state index in [4.69, 9.17) is 5.73 Å². The zero-order chi connectivity index (χ0) is 14.8. The Kier molecular flexibility index (Phi) is 5.49. The molecule has 0 radical (unpaired) electrons. The third-order valence-corrected chi connectivity index (χ3v) is 7.08. The number of rotatable bonds is 5. The zero-order valence-electron chi connectivity index (χ0n) is 13.1. The van der Waals surface area contributed by atoms with E-state index in [1.165, 1.54) is 30.8 Å². The molecule has 1 heterocycles. The summed E-state index contributed by atoms with van der Waals surface area (Å²) in [5.74, 6) is 1.75. The number of aromatic nitrogens is 2. The Bertz CT molecular complexity index is 431. The van der Waals surface area contributed by atoms with Crippen LogP contribution in [0.1, 0.15) is 59.2 Å². The monoisotopic (exact) mass is 313 g/mol. The lowest BCUT2D eigenvalue weighted by molar-refractivity contribution is 0.148. The molecule has 1 aliphatic rings. The largest absolute Gasteiger partial charge is 0.327 e. The summed E-state index contributed by atoms with van der Waals surface area (Å²) in [6.07, 6.45) is 5.79. The van der Waals surface area contributed by atoms with Gasteiger partial charge in [-0.05, 0) is 42.1 Å². The first-order valence-electron chi connectivity index (χ1n) is 7.71. The molecule has 0 aromatic carbocycles. The Morgan fingerprint density at radius 3 is 2.70 bits per heavy atom. The number of hydrogen-bond donors (Lipinski definition) is 1. The summed E-state index contributed by atoms with van der Waals surface area (Å²) in [4.78, 5) is 4.58. The lowest BCUT2D eigenvalue weighted by atomic mass is 9.69. The van der Waals surface area contributed by atoms with E-state index in [0.717, 1.165) is 28.9 Å². The zero-order valence-corrected chi connectivity index (χ0v) is 14.7. The van der Waals surface area contributed by atoms with Crippen molar-refractivity contribution in [3.8, 4) is 0 Å². The molecule has 20 heavy (non-hydrogen) atoms. The van der Waals surface area contributed by atoms with Crippen LogP contribution >= 0.6 is 23.3 Å². The van der Waals surface area contributed by atoms with Gasteiger partial charge in [0.2, 0.25) is 0 Å². The minimum atomic E-state index is 0.304. The molecule has 3 unspecified atom stereocenters. The van der Waals surface area contributed by atoms with Gasteiger partial charge in [-0.2, -0.15) is 4.37 Å². The second-order valence-electron chi connectivity index (χ2n) is 6.50. The molecular weight excluding hydrogens is 286 g/mol. The highest BCUT2D eigenvalue weighted by atomic mass is 32.2. The Labute approximate surface area is 131 Å². The van der Waals surface area contributed by atoms with Gasteiger partial charge in [0.05, 0.1) is 0 Å². The second-order valence-corrected chi connectivity index (χ2v) is 8.74. The molecule has 5 heteroatoms. The number of nitrogens with zero attached hydrogens (tertiary/aromatic N) is 2. The van der Waals surface area contributed by atoms with E-state index in [0.29, 0.717) is 16.7 Å². The normalized spacial score (nSPS) is 27.8. The average molecular weight is 314 g/mol. The standard InChI is InChI=1S/C15H27N3S2/c1-5-13-17-14(20-18-13)19-12-9-10(7-8-11(12)16)15(3,4)6-2/h10-12H,5-9,16H2,1-4H3. The summed E-state index contributed by atoms with van der Waals surface area (Å²) in [6.45, 7) is 9.20. The summed E-state index contributed by atoms with van der Waals surface area (Å²) in [5, 5.41) is 0.497. The van der Waals surface area contributed by atoms with Crippen molar-refractivity contribution in [2.45, 2.75) is 75.4 Å². The van der Waals surface area contributed by atoms with Gasteiger partial charge >= 0.3 is 0 Å². The lowest BCUT2D eigenvalue weighted by Crippen LogP contribution is -2.42. The second kappa shape index (κ2) is 6.75. The Morgan fingerprint density at radius 2 is 2.10 bits per heavy atom. The van der Waals surface area contributed by atoms with Crippen molar-refractivity contribution >= 4 is 23.3 Å². The van der Waals surface area contributed by atoms with Gasteiger partial charge in [0.1, 0.15) is 5.82 Å². The molecule has 0 spiro atoms. The van der Waals surface area contributed by atoms with E-state index in [2.05, 4.69) is 37.1 Å². The van der Waals surface area contributed by atoms with E-state index in [1.54, 1.807) is 0 Å². The van der Waals surface area contributed by atoms with Gasteiger partial charge < -0.3 is 5.73 Å². The number of hydrogen-bond acceptors (Lipinski definition) is 5. The SMILES string of the molecule is CCc1nsc(SC2CC(C(C)(C)CC)CCC2N)n1. The molecule has 114 valence electrons. The fourth-order valence-corrected chi connectivity index (χ4v) is 5.06. The van der Waals surface area contributed by atoms with E-state index in [1.807, 2.05) is 11.8 Å². The number of nitrogens with two attached hydrogens (primary N) is 1. The van der Waals surface area contributed by atoms with Gasteiger partial charge in [0.15, 0.2) is 4.34 Å². The molecule has 3 nitrogen and oxygen atoms in total. The van der Waals surface area contributed by atoms with Gasteiger partial charge in [-0.1, -0.05) is 45.9 Å². The highest BCUT2D eigenvalue weighted by molar-refractivity contribution is 8.01. The number of thioether (sulfide) groups is 1. The van der Waals surface area contributed by atoms with Crippen LogP contribution in [0.5, 0.6) is 0 Å². The lowest BCUT2D eigenvalue weighted by Gasteiger charge is -2.41. The first kappa shape index (κ1) is 16.2. The van der Waals surface area contributed by atoms with Crippen molar-refractivity contribution < 1.29 is 0 Å². The van der Waals surface area contributed by atoms with Crippen LogP contribution in [0.3, 0.4) is 0 Å². The average Bonchev–Trinajstić information content (AvgIpc) is 2.89. The van der Waals surface area contributed by atoms with Gasteiger partial charge in [0.25, 0.3) is 0 Å². The predicted octanol–water partition coefficient (Wildman–Crippen LogP) is 4.12. The van der Waals surface area contributed by atoms with Crippen LogP contribution in [0.15, 0.2) is 4.34 Å². The van der Waals surface area contributed by atoms with Crippen LogP contribution in [-0.2, 0) is 6.42 Å². The van der Waals surface area contributed by atoms with Gasteiger partial charge in [0, 0.05) is 17.7 Å². The van der Waals surface area contributed by atoms with Crippen molar-refractivity contribution in [2.24, 2.45) is 17.1 Å². The van der Waals surface area contributed by atoms with Crippen molar-refractivity contribution in [3.63, 3.8) is 0 Å². The Balaban J connectivity index is 2.02. The van der Waals surface area contributed by atoms with Gasteiger partial charge in [-0.15, -0.1) is 0 Å².